The van der Waals surface area contributed by atoms with E-state index in [9.17, 15) is 9.59 Å². The molecule has 140 valence electrons. The summed E-state index contributed by atoms with van der Waals surface area (Å²) in [6, 6.07) is 12.2. The van der Waals surface area contributed by atoms with Crippen LogP contribution in [0.2, 0.25) is 0 Å². The van der Waals surface area contributed by atoms with Crippen molar-refractivity contribution < 1.29 is 23.8 Å². The topological polar surface area (TPSA) is 105 Å². The van der Waals surface area contributed by atoms with Crippen LogP contribution in [0.1, 0.15) is 0 Å². The van der Waals surface area contributed by atoms with E-state index < -0.39 is 18.5 Å². The predicted octanol–water partition coefficient (Wildman–Crippen LogP) is 1.63. The number of anilines is 1. The molecule has 1 N–H and O–H groups in total. The smallest absolute Gasteiger partial charge is 0.328 e. The summed E-state index contributed by atoms with van der Waals surface area (Å²) in [5, 5.41) is 10.5. The van der Waals surface area contributed by atoms with Gasteiger partial charge in [-0.15, -0.1) is 5.10 Å². The van der Waals surface area contributed by atoms with Gasteiger partial charge in [-0.3, -0.25) is 9.59 Å². The number of para-hydroxylation sites is 1. The van der Waals surface area contributed by atoms with Gasteiger partial charge in [0.2, 0.25) is 0 Å². The Morgan fingerprint density at radius 1 is 1.07 bits per heavy atom. The summed E-state index contributed by atoms with van der Waals surface area (Å²) >= 11 is 0. The third-order valence-electron chi connectivity index (χ3n) is 3.70. The van der Waals surface area contributed by atoms with E-state index in [0.717, 1.165) is 0 Å². The largest absolute Gasteiger partial charge is 0.497 e. The summed E-state index contributed by atoms with van der Waals surface area (Å²) in [5.41, 5.74) is 1.85. The number of carbonyl (C=O) groups excluding carboxylic acids is 2. The second-order valence-corrected chi connectivity index (χ2v) is 5.55. The molecule has 2 aromatic carbocycles. The van der Waals surface area contributed by atoms with Crippen molar-refractivity contribution in [3.8, 4) is 11.5 Å². The number of esters is 1. The predicted molar refractivity (Wildman–Crippen MR) is 96.7 cm³/mol. The summed E-state index contributed by atoms with van der Waals surface area (Å²) in [7, 11) is 3.02. The van der Waals surface area contributed by atoms with Crippen molar-refractivity contribution in [1.29, 1.82) is 0 Å². The van der Waals surface area contributed by atoms with Gasteiger partial charge in [-0.25, -0.2) is 4.68 Å². The zero-order valence-electron chi connectivity index (χ0n) is 14.8. The normalized spacial score (nSPS) is 10.4. The second-order valence-electron chi connectivity index (χ2n) is 5.55. The van der Waals surface area contributed by atoms with Gasteiger partial charge in [0.25, 0.3) is 5.91 Å². The van der Waals surface area contributed by atoms with E-state index in [1.54, 1.807) is 30.3 Å². The Kier molecular flexibility index (Phi) is 5.50. The second kappa shape index (κ2) is 8.17. The van der Waals surface area contributed by atoms with Crippen LogP contribution in [0.4, 0.5) is 5.69 Å². The number of ether oxygens (including phenoxy) is 3. The molecule has 0 saturated heterocycles. The number of amides is 1. The van der Waals surface area contributed by atoms with Crippen LogP contribution in [-0.4, -0.2) is 47.7 Å². The van der Waals surface area contributed by atoms with Crippen molar-refractivity contribution in [2.45, 2.75) is 6.54 Å². The zero-order valence-corrected chi connectivity index (χ0v) is 14.8. The highest BCUT2D eigenvalue weighted by atomic mass is 16.5. The molecule has 0 bridgehead atoms. The summed E-state index contributed by atoms with van der Waals surface area (Å²) in [6.07, 6.45) is 0. The molecule has 0 spiro atoms. The van der Waals surface area contributed by atoms with Crippen molar-refractivity contribution in [1.82, 2.24) is 15.0 Å². The van der Waals surface area contributed by atoms with Gasteiger partial charge >= 0.3 is 5.97 Å². The number of methoxy groups -OCH3 is 2. The number of hydrogen-bond donors (Lipinski definition) is 1. The standard InChI is InChI=1S/C18H18N4O5/c1-25-13-7-12(8-14(9-13)26-2)19-17(23)11-27-18(24)10-22-16-6-4-3-5-15(16)20-21-22/h3-9H,10-11H2,1-2H3,(H,19,23). The van der Waals surface area contributed by atoms with Crippen molar-refractivity contribution in [3.05, 3.63) is 42.5 Å². The third-order valence-corrected chi connectivity index (χ3v) is 3.70. The molecule has 0 unspecified atom stereocenters. The molecule has 3 rings (SSSR count). The van der Waals surface area contributed by atoms with Gasteiger partial charge in [0.05, 0.1) is 19.7 Å². The van der Waals surface area contributed by atoms with Gasteiger partial charge in [0.1, 0.15) is 23.6 Å². The maximum atomic E-state index is 12.0. The highest BCUT2D eigenvalue weighted by Crippen LogP contribution is 2.25. The number of nitrogens with one attached hydrogen (secondary N) is 1. The quantitative estimate of drug-likeness (QED) is 0.630. The number of rotatable bonds is 7. The van der Waals surface area contributed by atoms with Crippen LogP contribution in [0.3, 0.4) is 0 Å². The molecular weight excluding hydrogens is 352 g/mol. The molecule has 1 amide bonds. The molecule has 0 saturated carbocycles. The van der Waals surface area contributed by atoms with Crippen LogP contribution < -0.4 is 14.8 Å². The molecule has 0 aliphatic carbocycles. The molecule has 0 atom stereocenters. The Morgan fingerprint density at radius 3 is 2.48 bits per heavy atom. The van der Waals surface area contributed by atoms with E-state index in [2.05, 4.69) is 15.6 Å². The first-order valence-corrected chi connectivity index (χ1v) is 8.06. The minimum Gasteiger partial charge on any atom is -0.497 e. The number of hydrogen-bond acceptors (Lipinski definition) is 7. The van der Waals surface area contributed by atoms with Crippen molar-refractivity contribution in [2.75, 3.05) is 26.1 Å². The molecule has 3 aromatic rings. The van der Waals surface area contributed by atoms with Crippen LogP contribution in [0.15, 0.2) is 42.5 Å². The van der Waals surface area contributed by atoms with Crippen molar-refractivity contribution in [3.63, 3.8) is 0 Å². The average Bonchev–Trinajstić information content (AvgIpc) is 3.09. The lowest BCUT2D eigenvalue weighted by Crippen LogP contribution is -2.23. The number of benzene rings is 2. The maximum Gasteiger partial charge on any atom is 0.328 e. The first-order chi connectivity index (χ1) is 13.1. The van der Waals surface area contributed by atoms with Crippen LogP contribution in [0.5, 0.6) is 11.5 Å². The Labute approximate surface area is 154 Å². The Morgan fingerprint density at radius 2 is 1.78 bits per heavy atom. The monoisotopic (exact) mass is 370 g/mol. The maximum absolute atomic E-state index is 12.0. The van der Waals surface area contributed by atoms with E-state index in [1.165, 1.54) is 18.9 Å². The Hall–Kier alpha value is -3.62. The third kappa shape index (κ3) is 4.51. The average molecular weight is 370 g/mol. The van der Waals surface area contributed by atoms with Crippen LogP contribution >= 0.6 is 0 Å². The number of aromatic nitrogens is 3. The fourth-order valence-corrected chi connectivity index (χ4v) is 2.42. The first kappa shape index (κ1) is 18.2. The Bertz CT molecular complexity index is 947. The van der Waals surface area contributed by atoms with E-state index in [-0.39, 0.29) is 6.54 Å². The molecule has 0 fully saturated rings. The first-order valence-electron chi connectivity index (χ1n) is 8.06. The van der Waals surface area contributed by atoms with Crippen LogP contribution in [-0.2, 0) is 20.9 Å². The molecule has 0 radical (unpaired) electrons. The van der Waals surface area contributed by atoms with Gasteiger partial charge < -0.3 is 19.5 Å². The number of nitrogens with zero attached hydrogens (tertiary/aromatic N) is 3. The van der Waals surface area contributed by atoms with E-state index in [1.807, 2.05) is 12.1 Å². The van der Waals surface area contributed by atoms with E-state index >= 15 is 0 Å². The van der Waals surface area contributed by atoms with Gasteiger partial charge in [-0.2, -0.15) is 0 Å². The molecule has 27 heavy (non-hydrogen) atoms. The zero-order chi connectivity index (χ0) is 19.2. The molecule has 1 heterocycles. The van der Waals surface area contributed by atoms with Crippen molar-refractivity contribution in [2.24, 2.45) is 0 Å². The molecule has 0 aliphatic heterocycles. The van der Waals surface area contributed by atoms with Gasteiger partial charge in [-0.05, 0) is 12.1 Å². The van der Waals surface area contributed by atoms with Crippen molar-refractivity contribution >= 4 is 28.6 Å². The lowest BCUT2D eigenvalue weighted by Gasteiger charge is -2.10. The van der Waals surface area contributed by atoms with E-state index in [4.69, 9.17) is 14.2 Å². The molecule has 9 nitrogen and oxygen atoms in total. The van der Waals surface area contributed by atoms with Crippen LogP contribution in [0, 0.1) is 0 Å². The molecule has 0 aliphatic rings. The molecular formula is C18H18N4O5. The molecule has 1 aromatic heterocycles. The summed E-state index contributed by atoms with van der Waals surface area (Å²) in [5.74, 6) is -0.0226. The Balaban J connectivity index is 1.55. The van der Waals surface area contributed by atoms with Gasteiger partial charge in [0.15, 0.2) is 6.61 Å². The summed E-state index contributed by atoms with van der Waals surface area (Å²) in [4.78, 5) is 24.0. The highest BCUT2D eigenvalue weighted by molar-refractivity contribution is 5.93. The summed E-state index contributed by atoms with van der Waals surface area (Å²) in [6.45, 7) is -0.564. The molecule has 9 heteroatoms. The minimum atomic E-state index is -0.593. The lowest BCUT2D eigenvalue weighted by molar-refractivity contribution is -0.148. The highest BCUT2D eigenvalue weighted by Gasteiger charge is 2.12. The van der Waals surface area contributed by atoms with E-state index in [0.29, 0.717) is 28.2 Å². The minimum absolute atomic E-state index is 0.138. The SMILES string of the molecule is COc1cc(NC(=O)COC(=O)Cn2nnc3ccccc32)cc(OC)c1. The summed E-state index contributed by atoms with van der Waals surface area (Å²) < 4.78 is 16.7. The number of carbonyl (C=O) groups is 2. The number of fused-ring (bicyclic) bond motifs is 1. The lowest BCUT2D eigenvalue weighted by atomic mass is 10.2. The fourth-order valence-electron chi connectivity index (χ4n) is 2.42. The van der Waals surface area contributed by atoms with Gasteiger partial charge in [-0.1, -0.05) is 17.3 Å². The van der Waals surface area contributed by atoms with Gasteiger partial charge in [0, 0.05) is 23.9 Å². The fraction of sp³-hybridized carbons (Fsp3) is 0.222. The van der Waals surface area contributed by atoms with Crippen LogP contribution in [0.25, 0.3) is 11.0 Å².